The second-order valence-corrected chi connectivity index (χ2v) is 9.82. The number of nitrogens with zero attached hydrogens (tertiary/aromatic N) is 4. The lowest BCUT2D eigenvalue weighted by Gasteiger charge is -2.48. The zero-order valence-corrected chi connectivity index (χ0v) is 21.5. The molecular weight excluding hydrogens is 514 g/mol. The van der Waals surface area contributed by atoms with E-state index >= 15 is 0 Å². The van der Waals surface area contributed by atoms with Crippen LogP contribution in [0.15, 0.2) is 22.1 Å². The molecule has 16 nitrogen and oxygen atoms in total. The van der Waals surface area contributed by atoms with Crippen LogP contribution in [0.5, 0.6) is 0 Å². The van der Waals surface area contributed by atoms with E-state index in [1.807, 2.05) is 0 Å². The van der Waals surface area contributed by atoms with Gasteiger partial charge in [0.15, 0.2) is 17.6 Å². The maximum Gasteiger partial charge on any atom is 0.407 e. The van der Waals surface area contributed by atoms with Crippen LogP contribution in [0.3, 0.4) is 0 Å². The van der Waals surface area contributed by atoms with E-state index in [-0.39, 0.29) is 50.4 Å². The maximum atomic E-state index is 12.2. The lowest BCUT2D eigenvalue weighted by molar-refractivity contribution is -0.221. The zero-order chi connectivity index (χ0) is 28.2. The van der Waals surface area contributed by atoms with Crippen LogP contribution in [0, 0.1) is 0 Å². The van der Waals surface area contributed by atoms with Crippen molar-refractivity contribution in [3.8, 4) is 0 Å². The first kappa shape index (κ1) is 28.1. The minimum absolute atomic E-state index is 0.0109. The summed E-state index contributed by atoms with van der Waals surface area (Å²) in [6, 6.07) is -1.58. The minimum Gasteiger partial charge on any atom is -0.447 e. The second kappa shape index (κ2) is 11.4. The summed E-state index contributed by atoms with van der Waals surface area (Å²) in [5, 5.41) is 29.6. The molecule has 214 valence electrons. The standard InChI is InChI=1S/C23H35N9O7/c24-19-29-18-14(28-20(25)32-12-8-22(37,38)23(18,32)30-19)13-39-21(36)27-10-4-2-1-3-9-26-15(33)7-11-31-16(34)5-6-17(31)35/h5-6,14,18,37-38H,1-4,7-13H2,(H2,25,28)(H,26,33)(H,27,36)(H3,24,29,30)/t14-,18-,23-/m0/s1. The molecule has 1 saturated heterocycles. The number of amides is 4. The molecule has 4 aliphatic heterocycles. The molecule has 4 heterocycles. The molecule has 4 rings (SSSR count). The summed E-state index contributed by atoms with van der Waals surface area (Å²) in [6.07, 6.45) is 4.88. The fourth-order valence-electron chi connectivity index (χ4n) is 5.25. The summed E-state index contributed by atoms with van der Waals surface area (Å²) in [7, 11) is 0. The van der Waals surface area contributed by atoms with Gasteiger partial charge >= 0.3 is 6.09 Å². The van der Waals surface area contributed by atoms with Crippen molar-refractivity contribution in [2.75, 3.05) is 32.8 Å². The number of carbonyl (C=O) groups excluding carboxylic acids is 4. The van der Waals surface area contributed by atoms with Crippen molar-refractivity contribution < 1.29 is 34.1 Å². The van der Waals surface area contributed by atoms with Gasteiger partial charge in [-0.2, -0.15) is 0 Å². The Morgan fingerprint density at radius 2 is 1.74 bits per heavy atom. The van der Waals surface area contributed by atoms with Gasteiger partial charge in [0, 0.05) is 51.2 Å². The molecule has 9 N–H and O–H groups in total. The number of imide groups is 1. The van der Waals surface area contributed by atoms with Crippen molar-refractivity contribution in [1.29, 1.82) is 0 Å². The average molecular weight is 550 g/mol. The zero-order valence-electron chi connectivity index (χ0n) is 21.5. The van der Waals surface area contributed by atoms with Crippen LogP contribution in [0.4, 0.5) is 4.79 Å². The van der Waals surface area contributed by atoms with Crippen molar-refractivity contribution in [3.63, 3.8) is 0 Å². The third-order valence-electron chi connectivity index (χ3n) is 7.23. The van der Waals surface area contributed by atoms with Gasteiger partial charge in [0.1, 0.15) is 18.7 Å². The third kappa shape index (κ3) is 5.75. The van der Waals surface area contributed by atoms with E-state index < -0.39 is 41.4 Å². The fourth-order valence-corrected chi connectivity index (χ4v) is 5.25. The highest BCUT2D eigenvalue weighted by atomic mass is 16.5. The molecule has 0 aromatic heterocycles. The molecule has 1 fully saturated rings. The third-order valence-corrected chi connectivity index (χ3v) is 7.23. The monoisotopic (exact) mass is 549 g/mol. The molecule has 0 saturated carbocycles. The number of rotatable bonds is 12. The van der Waals surface area contributed by atoms with Gasteiger partial charge in [-0.25, -0.2) is 14.8 Å². The van der Waals surface area contributed by atoms with Crippen LogP contribution in [0.2, 0.25) is 0 Å². The molecule has 0 aliphatic carbocycles. The van der Waals surface area contributed by atoms with Gasteiger partial charge in [-0.15, -0.1) is 0 Å². The normalized spacial score (nSPS) is 26.5. The lowest BCUT2D eigenvalue weighted by atomic mass is 9.87. The van der Waals surface area contributed by atoms with Crippen LogP contribution < -0.4 is 27.4 Å². The van der Waals surface area contributed by atoms with Gasteiger partial charge in [-0.05, 0) is 12.8 Å². The molecule has 4 amide bonds. The summed E-state index contributed by atoms with van der Waals surface area (Å²) in [4.78, 5) is 58.2. The first-order chi connectivity index (χ1) is 18.5. The fraction of sp³-hybridized carbons (Fsp3) is 0.652. The Morgan fingerprint density at radius 3 is 2.44 bits per heavy atom. The SMILES string of the molecule is NC1=N[C@H]2[C@H](COC(=O)NCCCCCCNC(=O)CCN3C(=O)C=CC3=O)N=C(N)N3CCC(O)(O)[C@]23N1. The van der Waals surface area contributed by atoms with E-state index in [4.69, 9.17) is 16.2 Å². The van der Waals surface area contributed by atoms with E-state index in [0.717, 1.165) is 24.2 Å². The van der Waals surface area contributed by atoms with E-state index in [2.05, 4.69) is 25.9 Å². The number of ether oxygens (including phenoxy) is 1. The number of alkyl carbamates (subject to hydrolysis) is 1. The minimum atomic E-state index is -2.17. The number of unbranched alkanes of at least 4 members (excludes halogenated alkanes) is 3. The van der Waals surface area contributed by atoms with Crippen LogP contribution in [0.25, 0.3) is 0 Å². The highest BCUT2D eigenvalue weighted by Gasteiger charge is 2.69. The first-order valence-electron chi connectivity index (χ1n) is 12.9. The lowest BCUT2D eigenvalue weighted by Crippen LogP contribution is -2.76. The first-order valence-corrected chi connectivity index (χ1v) is 12.9. The van der Waals surface area contributed by atoms with E-state index in [9.17, 15) is 29.4 Å². The van der Waals surface area contributed by atoms with Gasteiger partial charge in [-0.1, -0.05) is 12.8 Å². The summed E-state index contributed by atoms with van der Waals surface area (Å²) in [5.74, 6) is -3.11. The number of nitrogens with one attached hydrogen (secondary N) is 3. The Kier molecular flexibility index (Phi) is 8.25. The Balaban J connectivity index is 1.08. The van der Waals surface area contributed by atoms with E-state index in [0.29, 0.717) is 19.5 Å². The van der Waals surface area contributed by atoms with Crippen molar-refractivity contribution in [2.45, 2.75) is 62.1 Å². The topological polar surface area (TPSA) is 237 Å². The van der Waals surface area contributed by atoms with Gasteiger partial charge in [0.25, 0.3) is 11.8 Å². The number of nitrogens with two attached hydrogens (primary N) is 2. The van der Waals surface area contributed by atoms with Crippen molar-refractivity contribution in [3.05, 3.63) is 12.2 Å². The second-order valence-electron chi connectivity index (χ2n) is 9.82. The molecule has 39 heavy (non-hydrogen) atoms. The number of carbonyl (C=O) groups is 4. The largest absolute Gasteiger partial charge is 0.447 e. The average Bonchev–Trinajstić information content (AvgIpc) is 3.50. The van der Waals surface area contributed by atoms with Gasteiger partial charge in [0.2, 0.25) is 11.7 Å². The number of hydrogen-bond donors (Lipinski definition) is 7. The maximum absolute atomic E-state index is 12.2. The quantitative estimate of drug-likeness (QED) is 0.0725. The molecule has 0 aromatic rings. The van der Waals surface area contributed by atoms with Crippen molar-refractivity contribution in [1.82, 2.24) is 25.8 Å². The summed E-state index contributed by atoms with van der Waals surface area (Å²) in [5.41, 5.74) is 10.4. The molecular formula is C23H35N9O7. The number of guanidine groups is 2. The predicted molar refractivity (Wildman–Crippen MR) is 136 cm³/mol. The smallest absolute Gasteiger partial charge is 0.407 e. The summed E-state index contributed by atoms with van der Waals surface area (Å²) in [6.45, 7) is 0.982. The van der Waals surface area contributed by atoms with Crippen molar-refractivity contribution >= 4 is 35.7 Å². The van der Waals surface area contributed by atoms with Crippen LogP contribution in [-0.4, -0.2) is 112 Å². The van der Waals surface area contributed by atoms with Crippen molar-refractivity contribution in [2.24, 2.45) is 21.5 Å². The number of aliphatic hydroxyl groups is 2. The Labute approximate surface area is 224 Å². The van der Waals surface area contributed by atoms with Crippen LogP contribution in [0.1, 0.15) is 38.5 Å². The highest BCUT2D eigenvalue weighted by Crippen LogP contribution is 2.44. The molecule has 0 radical (unpaired) electrons. The Bertz CT molecular complexity index is 1070. The molecule has 0 aromatic carbocycles. The molecule has 16 heteroatoms. The molecule has 1 spiro atoms. The van der Waals surface area contributed by atoms with E-state index in [1.54, 1.807) is 0 Å². The van der Waals surface area contributed by atoms with Gasteiger partial charge < -0.3 is 47.3 Å². The molecule has 0 unspecified atom stereocenters. The Morgan fingerprint density at radius 1 is 1.08 bits per heavy atom. The van der Waals surface area contributed by atoms with Crippen LogP contribution >= 0.6 is 0 Å². The molecule has 0 bridgehead atoms. The number of hydrogen-bond acceptors (Lipinski definition) is 13. The molecule has 4 aliphatic rings. The predicted octanol–water partition coefficient (Wildman–Crippen LogP) is -3.23. The number of aliphatic imine (C=N–C) groups is 2. The highest BCUT2D eigenvalue weighted by molar-refractivity contribution is 6.13. The van der Waals surface area contributed by atoms with Crippen LogP contribution in [-0.2, 0) is 19.1 Å². The Hall–Kier alpha value is -3.92. The van der Waals surface area contributed by atoms with Gasteiger partial charge in [0.05, 0.1) is 0 Å². The van der Waals surface area contributed by atoms with E-state index in [1.165, 1.54) is 17.1 Å². The summed E-state index contributed by atoms with van der Waals surface area (Å²) < 4.78 is 5.30. The van der Waals surface area contributed by atoms with Gasteiger partial charge in [-0.3, -0.25) is 19.3 Å². The summed E-state index contributed by atoms with van der Waals surface area (Å²) >= 11 is 0. The molecule has 3 atom stereocenters.